The van der Waals surface area contributed by atoms with Crippen molar-refractivity contribution in [3.05, 3.63) is 88.4 Å². The highest BCUT2D eigenvalue weighted by molar-refractivity contribution is 6.30. The molecule has 5 rings (SSSR count). The number of amides is 1. The number of aliphatic imine (C=N–C) groups is 1. The summed E-state index contributed by atoms with van der Waals surface area (Å²) < 4.78 is 12.0. The van der Waals surface area contributed by atoms with Crippen molar-refractivity contribution in [1.82, 2.24) is 0 Å². The maximum Gasteiger partial charge on any atom is 0.249 e. The summed E-state index contributed by atoms with van der Waals surface area (Å²) in [5, 5.41) is 3.60. The molecule has 6 heteroatoms. The number of hydrogen-bond acceptors (Lipinski definition) is 4. The van der Waals surface area contributed by atoms with Crippen LogP contribution in [0.25, 0.3) is 0 Å². The molecule has 1 N–H and O–H groups in total. The first-order valence-electron chi connectivity index (χ1n) is 11.7. The van der Waals surface area contributed by atoms with Gasteiger partial charge in [-0.3, -0.25) is 9.79 Å². The Kier molecular flexibility index (Phi) is 6.54. The predicted molar refractivity (Wildman–Crippen MR) is 136 cm³/mol. The first-order chi connectivity index (χ1) is 16.6. The number of nitrogens with one attached hydrogen (secondary N) is 1. The van der Waals surface area contributed by atoms with Crippen molar-refractivity contribution in [2.75, 3.05) is 12.4 Å². The topological polar surface area (TPSA) is 59.9 Å². The molecule has 0 radical (unpaired) electrons. The fourth-order valence-corrected chi connectivity index (χ4v) is 4.77. The van der Waals surface area contributed by atoms with Gasteiger partial charge < -0.3 is 14.8 Å². The minimum absolute atomic E-state index is 0.157. The van der Waals surface area contributed by atoms with Gasteiger partial charge in [0.05, 0.1) is 18.9 Å². The zero-order valence-corrected chi connectivity index (χ0v) is 19.8. The van der Waals surface area contributed by atoms with Crippen molar-refractivity contribution >= 4 is 28.9 Å². The van der Waals surface area contributed by atoms with Crippen molar-refractivity contribution in [1.29, 1.82) is 0 Å². The third-order valence-electron chi connectivity index (χ3n) is 6.40. The maximum atomic E-state index is 13.2. The van der Waals surface area contributed by atoms with Crippen LogP contribution in [0.3, 0.4) is 0 Å². The summed E-state index contributed by atoms with van der Waals surface area (Å²) in [7, 11) is 1.66. The van der Waals surface area contributed by atoms with E-state index in [0.29, 0.717) is 22.9 Å². The van der Waals surface area contributed by atoms with Gasteiger partial charge in [0.1, 0.15) is 6.04 Å². The van der Waals surface area contributed by atoms with Crippen LogP contribution in [0.2, 0.25) is 5.02 Å². The molecule has 1 amide bonds. The lowest BCUT2D eigenvalue weighted by Gasteiger charge is -2.26. The van der Waals surface area contributed by atoms with E-state index in [1.165, 1.54) is 12.8 Å². The first kappa shape index (κ1) is 22.5. The molecule has 1 atom stereocenters. The highest BCUT2D eigenvalue weighted by atomic mass is 35.5. The lowest BCUT2D eigenvalue weighted by atomic mass is 9.89. The fraction of sp³-hybridized carbons (Fsp3) is 0.286. The molecular weight excluding hydrogens is 448 g/mol. The number of carbonyl (C=O) groups is 1. The Morgan fingerprint density at radius 1 is 1.00 bits per heavy atom. The average molecular weight is 475 g/mol. The minimum Gasteiger partial charge on any atom is -0.493 e. The molecule has 1 fully saturated rings. The molecule has 34 heavy (non-hydrogen) atoms. The SMILES string of the molecule is COc1cc2c(cc1OC1CCCC1)CC(C(=O)Nc1ccc(Cl)cc1)N=C2c1ccccc1. The van der Waals surface area contributed by atoms with E-state index in [9.17, 15) is 4.79 Å². The highest BCUT2D eigenvalue weighted by Gasteiger charge is 2.29. The Labute approximate surface area is 204 Å². The molecule has 1 unspecified atom stereocenters. The van der Waals surface area contributed by atoms with Gasteiger partial charge in [-0.05, 0) is 67.6 Å². The summed E-state index contributed by atoms with van der Waals surface area (Å²) in [4.78, 5) is 18.1. The van der Waals surface area contributed by atoms with E-state index < -0.39 is 6.04 Å². The molecule has 1 aliphatic heterocycles. The lowest BCUT2D eigenvalue weighted by Crippen LogP contribution is -2.33. The fourth-order valence-electron chi connectivity index (χ4n) is 4.64. The molecule has 0 aromatic heterocycles. The van der Waals surface area contributed by atoms with Gasteiger partial charge in [0.2, 0.25) is 5.91 Å². The van der Waals surface area contributed by atoms with Gasteiger partial charge >= 0.3 is 0 Å². The zero-order valence-electron chi connectivity index (χ0n) is 19.1. The van der Waals surface area contributed by atoms with Crippen LogP contribution in [0.4, 0.5) is 5.69 Å². The maximum absolute atomic E-state index is 13.2. The van der Waals surface area contributed by atoms with Crippen LogP contribution in [-0.2, 0) is 11.2 Å². The molecule has 0 spiro atoms. The molecule has 174 valence electrons. The minimum atomic E-state index is -0.564. The van der Waals surface area contributed by atoms with Gasteiger partial charge in [0.25, 0.3) is 0 Å². The highest BCUT2D eigenvalue weighted by Crippen LogP contribution is 2.37. The number of methoxy groups -OCH3 is 1. The third-order valence-corrected chi connectivity index (χ3v) is 6.65. The molecule has 0 saturated heterocycles. The van der Waals surface area contributed by atoms with Crippen LogP contribution in [0.1, 0.15) is 42.4 Å². The summed E-state index contributed by atoms with van der Waals surface area (Å²) in [6.45, 7) is 0. The van der Waals surface area contributed by atoms with Crippen molar-refractivity contribution in [2.24, 2.45) is 4.99 Å². The van der Waals surface area contributed by atoms with Crippen LogP contribution in [-0.4, -0.2) is 30.9 Å². The van der Waals surface area contributed by atoms with E-state index >= 15 is 0 Å². The molecule has 0 bridgehead atoms. The number of benzene rings is 3. The first-order valence-corrected chi connectivity index (χ1v) is 12.1. The largest absolute Gasteiger partial charge is 0.493 e. The number of nitrogens with zero attached hydrogens (tertiary/aromatic N) is 1. The van der Waals surface area contributed by atoms with Crippen LogP contribution in [0.15, 0.2) is 71.7 Å². The van der Waals surface area contributed by atoms with E-state index in [1.54, 1.807) is 31.4 Å². The molecule has 1 aliphatic carbocycles. The van der Waals surface area contributed by atoms with E-state index in [2.05, 4.69) is 5.32 Å². The number of rotatable bonds is 6. The lowest BCUT2D eigenvalue weighted by molar-refractivity contribution is -0.117. The standard InChI is InChI=1S/C28H27ClN2O3/c1-33-25-17-23-19(16-26(25)34-22-9-5-6-10-22)15-24(31-27(23)18-7-3-2-4-8-18)28(32)30-21-13-11-20(29)12-14-21/h2-4,7-8,11-14,16-17,22,24H,5-6,9-10,15H2,1H3,(H,30,32). The number of fused-ring (bicyclic) bond motifs is 1. The quantitative estimate of drug-likeness (QED) is 0.471. The van der Waals surface area contributed by atoms with Crippen molar-refractivity contribution in [2.45, 2.75) is 44.2 Å². The Balaban J connectivity index is 1.51. The number of carbonyl (C=O) groups excluding carboxylic acids is 1. The molecule has 3 aromatic rings. The smallest absolute Gasteiger partial charge is 0.249 e. The molecule has 1 heterocycles. The second kappa shape index (κ2) is 9.90. The number of hydrogen-bond donors (Lipinski definition) is 1. The van der Waals surface area contributed by atoms with Crippen LogP contribution < -0.4 is 14.8 Å². The Morgan fingerprint density at radius 3 is 2.44 bits per heavy atom. The molecular formula is C28H27ClN2O3. The summed E-state index contributed by atoms with van der Waals surface area (Å²) >= 11 is 5.98. The number of halogens is 1. The van der Waals surface area contributed by atoms with Crippen molar-refractivity contribution < 1.29 is 14.3 Å². The van der Waals surface area contributed by atoms with Gasteiger partial charge in [-0.1, -0.05) is 41.9 Å². The predicted octanol–water partition coefficient (Wildman–Crippen LogP) is 6.07. The van der Waals surface area contributed by atoms with E-state index in [4.69, 9.17) is 26.1 Å². The van der Waals surface area contributed by atoms with Gasteiger partial charge in [-0.2, -0.15) is 0 Å². The molecule has 3 aromatic carbocycles. The van der Waals surface area contributed by atoms with Gasteiger partial charge in [-0.25, -0.2) is 0 Å². The van der Waals surface area contributed by atoms with Gasteiger partial charge in [-0.15, -0.1) is 0 Å². The number of anilines is 1. The summed E-state index contributed by atoms with van der Waals surface area (Å²) in [5.74, 6) is 1.27. The van der Waals surface area contributed by atoms with Crippen LogP contribution in [0.5, 0.6) is 11.5 Å². The average Bonchev–Trinajstić information content (AvgIpc) is 3.38. The second-order valence-electron chi connectivity index (χ2n) is 8.74. The Bertz CT molecular complexity index is 1200. The third kappa shape index (κ3) is 4.80. The van der Waals surface area contributed by atoms with Crippen molar-refractivity contribution in [3.8, 4) is 11.5 Å². The van der Waals surface area contributed by atoms with Crippen LogP contribution >= 0.6 is 11.6 Å². The number of ether oxygens (including phenoxy) is 2. The summed E-state index contributed by atoms with van der Waals surface area (Å²) in [6, 6.07) is 20.5. The molecule has 1 saturated carbocycles. The van der Waals surface area contributed by atoms with E-state index in [1.807, 2.05) is 42.5 Å². The molecule has 2 aliphatic rings. The Morgan fingerprint density at radius 2 is 1.74 bits per heavy atom. The molecule has 5 nitrogen and oxygen atoms in total. The summed E-state index contributed by atoms with van der Waals surface area (Å²) in [5.41, 5.74) is 4.43. The van der Waals surface area contributed by atoms with Crippen molar-refractivity contribution in [3.63, 3.8) is 0 Å². The van der Waals surface area contributed by atoms with E-state index in [0.717, 1.165) is 41.0 Å². The monoisotopic (exact) mass is 474 g/mol. The van der Waals surface area contributed by atoms with Gasteiger partial charge in [0, 0.05) is 28.3 Å². The van der Waals surface area contributed by atoms with Crippen LogP contribution in [0, 0.1) is 0 Å². The normalized spacial score (nSPS) is 17.6. The Hall–Kier alpha value is -3.31. The van der Waals surface area contributed by atoms with E-state index in [-0.39, 0.29) is 12.0 Å². The zero-order chi connectivity index (χ0) is 23.5. The summed E-state index contributed by atoms with van der Waals surface area (Å²) in [6.07, 6.45) is 5.19. The second-order valence-corrected chi connectivity index (χ2v) is 9.18. The van der Waals surface area contributed by atoms with Gasteiger partial charge in [0.15, 0.2) is 11.5 Å².